The van der Waals surface area contributed by atoms with E-state index in [1.165, 1.54) is 29.9 Å². The Morgan fingerprint density at radius 2 is 1.61 bits per heavy atom. The Kier molecular flexibility index (Phi) is 16.2. The molecule has 3 aromatic carbocycles. The van der Waals surface area contributed by atoms with Crippen LogP contribution in [0.5, 0.6) is 11.5 Å². The Balaban J connectivity index is 1.39. The third-order valence-corrected chi connectivity index (χ3v) is 9.64. The van der Waals surface area contributed by atoms with E-state index in [1.807, 2.05) is 12.3 Å². The Hall–Kier alpha value is -4.46. The van der Waals surface area contributed by atoms with Crippen LogP contribution in [0.15, 0.2) is 96.2 Å². The van der Waals surface area contributed by atoms with Crippen molar-refractivity contribution < 1.29 is 24.5 Å². The van der Waals surface area contributed by atoms with Gasteiger partial charge in [-0.3, -0.25) is 9.59 Å². The molecule has 0 bridgehead atoms. The highest BCUT2D eigenvalue weighted by molar-refractivity contribution is 6.06. The van der Waals surface area contributed by atoms with Crippen LogP contribution in [0.4, 0.5) is 0 Å². The number of allylic oxidation sites excluding steroid dienone is 3. The molecule has 0 saturated carbocycles. The quantitative estimate of drug-likeness (QED) is 0.0623. The molecule has 5 N–H and O–H groups in total. The van der Waals surface area contributed by atoms with Crippen LogP contribution in [0.3, 0.4) is 0 Å². The van der Waals surface area contributed by atoms with Gasteiger partial charge < -0.3 is 26.0 Å². The number of aliphatic hydroxyl groups is 1. The average Bonchev–Trinajstić information content (AvgIpc) is 3.13. The highest BCUT2D eigenvalue weighted by Gasteiger charge is 2.18. The van der Waals surface area contributed by atoms with Gasteiger partial charge in [-0.1, -0.05) is 86.9 Å². The van der Waals surface area contributed by atoms with E-state index in [9.17, 15) is 19.8 Å². The predicted molar refractivity (Wildman–Crippen MR) is 206 cm³/mol. The zero-order valence-corrected chi connectivity index (χ0v) is 30.4. The number of benzene rings is 3. The van der Waals surface area contributed by atoms with E-state index in [4.69, 9.17) is 10.5 Å². The molecule has 0 fully saturated rings. The lowest BCUT2D eigenvalue weighted by molar-refractivity contribution is -0.124. The van der Waals surface area contributed by atoms with Crippen molar-refractivity contribution in [3.05, 3.63) is 124 Å². The molecular weight excluding hydrogens is 636 g/mol. The Bertz CT molecular complexity index is 1660. The molecule has 7 heteroatoms. The van der Waals surface area contributed by atoms with Gasteiger partial charge in [-0.25, -0.2) is 0 Å². The van der Waals surface area contributed by atoms with Crippen LogP contribution < -0.4 is 15.8 Å². The number of ether oxygens (including phenoxy) is 1. The summed E-state index contributed by atoms with van der Waals surface area (Å²) < 4.78 is 5.39. The maximum Gasteiger partial charge on any atom is 0.163 e. The van der Waals surface area contributed by atoms with Gasteiger partial charge in [0.2, 0.25) is 0 Å². The standard InChI is InChI=1S/C44H56N2O5/c1-3-10-32(16-9-24-47)13-8-17-40(48)30-41(49)23-22-36-28-43(51-2)42(50)27-38(36)26-39-31-46-44(45)29-37(39)21-20-35-15-7-14-34(25-35)19-18-33-11-5-4-6-12-33/h4-7,11-12,14-15,22-23,25,27-29,31-32,44,46-47,50H,3,8-10,13,16-21,24,26,30,45H2,1-2H3. The van der Waals surface area contributed by atoms with Gasteiger partial charge in [-0.15, -0.1) is 0 Å². The number of ketones is 2. The SMILES string of the molecule is CCCC(CCCO)CCCC(=O)CC(=O)C=Cc1cc(OC)c(O)cc1CC1=CNC(N)C=C1CCc1cccc(CCc2ccccc2)c1. The van der Waals surface area contributed by atoms with Crippen molar-refractivity contribution in [3.63, 3.8) is 0 Å². The van der Waals surface area contributed by atoms with Crippen LogP contribution in [-0.2, 0) is 35.3 Å². The number of aryl methyl sites for hydroxylation is 3. The van der Waals surface area contributed by atoms with Gasteiger partial charge >= 0.3 is 0 Å². The Labute approximate surface area is 304 Å². The van der Waals surface area contributed by atoms with Crippen molar-refractivity contribution in [1.82, 2.24) is 5.32 Å². The van der Waals surface area contributed by atoms with E-state index < -0.39 is 0 Å². The molecule has 2 unspecified atom stereocenters. The molecule has 1 aliphatic rings. The summed E-state index contributed by atoms with van der Waals surface area (Å²) in [6.07, 6.45) is 16.9. The zero-order valence-electron chi connectivity index (χ0n) is 30.4. The summed E-state index contributed by atoms with van der Waals surface area (Å²) in [6.45, 7) is 2.35. The van der Waals surface area contributed by atoms with Crippen molar-refractivity contribution in [1.29, 1.82) is 0 Å². The third kappa shape index (κ3) is 13.3. The first-order valence-corrected chi connectivity index (χ1v) is 18.5. The lowest BCUT2D eigenvalue weighted by atomic mass is 9.89. The van der Waals surface area contributed by atoms with E-state index >= 15 is 0 Å². The molecule has 7 nitrogen and oxygen atoms in total. The number of aromatic hydroxyl groups is 1. The van der Waals surface area contributed by atoms with Crippen LogP contribution in [0.25, 0.3) is 6.08 Å². The topological polar surface area (TPSA) is 122 Å². The van der Waals surface area contributed by atoms with Crippen LogP contribution in [0.2, 0.25) is 0 Å². The summed E-state index contributed by atoms with van der Waals surface area (Å²) in [6, 6.07) is 22.7. The monoisotopic (exact) mass is 692 g/mol. The maximum absolute atomic E-state index is 12.9. The fourth-order valence-corrected chi connectivity index (χ4v) is 6.86. The molecule has 3 aromatic rings. The van der Waals surface area contributed by atoms with E-state index in [0.717, 1.165) is 86.5 Å². The molecular formula is C44H56N2O5. The minimum atomic E-state index is -0.294. The highest BCUT2D eigenvalue weighted by Crippen LogP contribution is 2.33. The molecule has 272 valence electrons. The van der Waals surface area contributed by atoms with Crippen molar-refractivity contribution >= 4 is 17.6 Å². The van der Waals surface area contributed by atoms with Gasteiger partial charge in [0.15, 0.2) is 17.3 Å². The summed E-state index contributed by atoms with van der Waals surface area (Å²) >= 11 is 0. The first kappa shape index (κ1) is 39.3. The van der Waals surface area contributed by atoms with Crippen LogP contribution >= 0.6 is 0 Å². The number of hydrogen-bond acceptors (Lipinski definition) is 7. The van der Waals surface area contributed by atoms with Gasteiger partial charge in [0.1, 0.15) is 5.78 Å². The molecule has 0 saturated heterocycles. The zero-order chi connectivity index (χ0) is 36.4. The van der Waals surface area contributed by atoms with Gasteiger partial charge in [-0.2, -0.15) is 0 Å². The van der Waals surface area contributed by atoms with Crippen molar-refractivity contribution in [2.45, 2.75) is 96.6 Å². The Morgan fingerprint density at radius 3 is 2.33 bits per heavy atom. The van der Waals surface area contributed by atoms with E-state index in [0.29, 0.717) is 24.5 Å². The number of carbonyl (C=O) groups is 2. The summed E-state index contributed by atoms with van der Waals surface area (Å²) in [5.41, 5.74) is 14.0. The first-order chi connectivity index (χ1) is 24.8. The summed E-state index contributed by atoms with van der Waals surface area (Å²) in [4.78, 5) is 25.5. The Morgan fingerprint density at radius 1 is 0.902 bits per heavy atom. The van der Waals surface area contributed by atoms with E-state index in [-0.39, 0.29) is 36.5 Å². The average molecular weight is 693 g/mol. The number of dihydropyridines is 1. The predicted octanol–water partition coefficient (Wildman–Crippen LogP) is 7.96. The van der Waals surface area contributed by atoms with E-state index in [2.05, 4.69) is 66.8 Å². The lowest BCUT2D eigenvalue weighted by Gasteiger charge is -2.22. The fraction of sp³-hybridized carbons (Fsp3) is 0.409. The van der Waals surface area contributed by atoms with Crippen molar-refractivity contribution in [3.8, 4) is 11.5 Å². The van der Waals surface area contributed by atoms with Crippen LogP contribution in [0.1, 0.15) is 92.5 Å². The minimum Gasteiger partial charge on any atom is -0.504 e. The first-order valence-electron chi connectivity index (χ1n) is 18.5. The number of nitrogens with two attached hydrogens (primary N) is 1. The smallest absolute Gasteiger partial charge is 0.163 e. The number of Topliss-reactive ketones (excluding diaryl/α,β-unsaturated/α-hetero) is 1. The highest BCUT2D eigenvalue weighted by atomic mass is 16.5. The summed E-state index contributed by atoms with van der Waals surface area (Å²) in [5.74, 6) is 0.530. The number of nitrogens with one attached hydrogen (secondary N) is 1. The molecule has 0 radical (unpaired) electrons. The molecule has 1 heterocycles. The molecule has 0 aliphatic carbocycles. The molecule has 0 aromatic heterocycles. The fourth-order valence-electron chi connectivity index (χ4n) is 6.86. The van der Waals surface area contributed by atoms with Crippen molar-refractivity contribution in [2.24, 2.45) is 11.7 Å². The second-order valence-corrected chi connectivity index (χ2v) is 13.7. The van der Waals surface area contributed by atoms with Crippen LogP contribution in [-0.4, -0.2) is 41.7 Å². The number of phenols is 1. The van der Waals surface area contributed by atoms with Gasteiger partial charge in [0.05, 0.1) is 19.7 Å². The largest absolute Gasteiger partial charge is 0.504 e. The third-order valence-electron chi connectivity index (χ3n) is 9.64. The van der Waals surface area contributed by atoms with Crippen LogP contribution in [0, 0.1) is 5.92 Å². The molecule has 4 rings (SSSR count). The summed E-state index contributed by atoms with van der Waals surface area (Å²) in [5, 5.41) is 23.1. The second-order valence-electron chi connectivity index (χ2n) is 13.7. The van der Waals surface area contributed by atoms with Gasteiger partial charge in [0, 0.05) is 19.2 Å². The van der Waals surface area contributed by atoms with E-state index in [1.54, 1.807) is 18.2 Å². The minimum absolute atomic E-state index is 0.0189. The molecule has 51 heavy (non-hydrogen) atoms. The molecule has 2 atom stereocenters. The number of methoxy groups -OCH3 is 1. The number of hydrogen-bond donors (Lipinski definition) is 4. The number of aliphatic hydroxyl groups excluding tert-OH is 1. The van der Waals surface area contributed by atoms with Crippen molar-refractivity contribution in [2.75, 3.05) is 13.7 Å². The number of phenolic OH excluding ortho intramolecular Hbond substituents is 1. The lowest BCUT2D eigenvalue weighted by Crippen LogP contribution is -2.35. The maximum atomic E-state index is 12.9. The number of rotatable bonds is 22. The van der Waals surface area contributed by atoms with Gasteiger partial charge in [-0.05, 0) is 121 Å². The summed E-state index contributed by atoms with van der Waals surface area (Å²) in [7, 11) is 1.49. The number of carbonyl (C=O) groups excluding carboxylic acids is 2. The molecule has 0 amide bonds. The second kappa shape index (κ2) is 21.0. The van der Waals surface area contributed by atoms with Gasteiger partial charge in [0.25, 0.3) is 0 Å². The molecule has 1 aliphatic heterocycles. The normalized spacial score (nSPS) is 14.9. The molecule has 0 spiro atoms.